The van der Waals surface area contributed by atoms with Gasteiger partial charge in [-0.05, 0) is 23.6 Å². The number of hydrogen-bond donors (Lipinski definition) is 2. The molecule has 122 valence electrons. The van der Waals surface area contributed by atoms with Crippen LogP contribution in [0.1, 0.15) is 34.5 Å². The molecule has 0 saturated carbocycles. The number of aromatic amines is 1. The highest BCUT2D eigenvalue weighted by Crippen LogP contribution is 2.26. The van der Waals surface area contributed by atoms with Crippen LogP contribution in [0.5, 0.6) is 0 Å². The van der Waals surface area contributed by atoms with Crippen LogP contribution in [0.4, 0.5) is 13.2 Å². The molecule has 1 heterocycles. The molecule has 0 spiro atoms. The summed E-state index contributed by atoms with van der Waals surface area (Å²) in [5.74, 6) is -0.698. The van der Waals surface area contributed by atoms with Gasteiger partial charge in [-0.3, -0.25) is 9.59 Å². The zero-order valence-corrected chi connectivity index (χ0v) is 12.3. The summed E-state index contributed by atoms with van der Waals surface area (Å²) in [5, 5.41) is 2.56. The molecule has 0 bridgehead atoms. The predicted molar refractivity (Wildman–Crippen MR) is 79.3 cm³/mol. The van der Waals surface area contributed by atoms with Crippen molar-refractivity contribution in [2.45, 2.75) is 19.0 Å². The second-order valence-corrected chi connectivity index (χ2v) is 5.13. The number of aromatic nitrogens is 1. The van der Waals surface area contributed by atoms with E-state index in [0.29, 0.717) is 6.07 Å². The van der Waals surface area contributed by atoms with Gasteiger partial charge in [-0.1, -0.05) is 37.3 Å². The quantitative estimate of drug-likeness (QED) is 0.908. The molecule has 0 fully saturated rings. The van der Waals surface area contributed by atoms with Gasteiger partial charge in [0.05, 0.1) is 0 Å². The molecule has 0 radical (unpaired) electrons. The molecule has 2 rings (SSSR count). The Morgan fingerprint density at radius 2 is 1.83 bits per heavy atom. The van der Waals surface area contributed by atoms with Gasteiger partial charge in [0.2, 0.25) is 0 Å². The maximum atomic E-state index is 12.5. The Balaban J connectivity index is 2.05. The lowest BCUT2D eigenvalue weighted by atomic mass is 10.0. The molecule has 23 heavy (non-hydrogen) atoms. The van der Waals surface area contributed by atoms with E-state index in [0.717, 1.165) is 11.6 Å². The number of benzene rings is 1. The van der Waals surface area contributed by atoms with Crippen molar-refractivity contribution in [3.63, 3.8) is 0 Å². The molecule has 0 aliphatic heterocycles. The highest BCUT2D eigenvalue weighted by atomic mass is 19.4. The van der Waals surface area contributed by atoms with Crippen molar-refractivity contribution < 1.29 is 18.0 Å². The smallest absolute Gasteiger partial charge is 0.351 e. The van der Waals surface area contributed by atoms with Crippen LogP contribution in [0, 0.1) is 0 Å². The van der Waals surface area contributed by atoms with E-state index in [1.807, 2.05) is 37.3 Å². The molecule has 4 nitrogen and oxygen atoms in total. The second kappa shape index (κ2) is 6.68. The van der Waals surface area contributed by atoms with Gasteiger partial charge in [0.1, 0.15) is 11.3 Å². The van der Waals surface area contributed by atoms with Crippen molar-refractivity contribution in [3.05, 3.63) is 69.6 Å². The predicted octanol–water partition coefficient (Wildman–Crippen LogP) is 2.93. The van der Waals surface area contributed by atoms with E-state index in [-0.39, 0.29) is 18.0 Å². The highest BCUT2D eigenvalue weighted by Gasteiger charge is 2.32. The molecule has 0 aliphatic rings. The van der Waals surface area contributed by atoms with Gasteiger partial charge in [0.15, 0.2) is 0 Å². The number of halogens is 3. The Hall–Kier alpha value is -2.57. The van der Waals surface area contributed by atoms with Crippen LogP contribution in [-0.2, 0) is 6.18 Å². The van der Waals surface area contributed by atoms with Gasteiger partial charge in [0.25, 0.3) is 11.5 Å². The highest BCUT2D eigenvalue weighted by molar-refractivity contribution is 5.93. The molecule has 7 heteroatoms. The summed E-state index contributed by atoms with van der Waals surface area (Å²) in [5.41, 5.74) is -1.59. The fraction of sp³-hybridized carbons (Fsp3) is 0.250. The van der Waals surface area contributed by atoms with Crippen LogP contribution < -0.4 is 10.9 Å². The number of alkyl halides is 3. The lowest BCUT2D eigenvalue weighted by Crippen LogP contribution is -2.32. The Labute approximate surface area is 130 Å². The number of hydrogen-bond acceptors (Lipinski definition) is 2. The molecule has 1 atom stereocenters. The molecular formula is C16H15F3N2O2. The minimum Gasteiger partial charge on any atom is -0.351 e. The number of carbonyl (C=O) groups excluding carboxylic acids is 1. The first-order valence-electron chi connectivity index (χ1n) is 6.92. The van der Waals surface area contributed by atoms with E-state index < -0.39 is 23.3 Å². The largest absolute Gasteiger partial charge is 0.431 e. The van der Waals surface area contributed by atoms with Gasteiger partial charge in [-0.15, -0.1) is 0 Å². The van der Waals surface area contributed by atoms with Crippen LogP contribution in [0.15, 0.2) is 47.3 Å². The van der Waals surface area contributed by atoms with Crippen LogP contribution in [0.3, 0.4) is 0 Å². The first kappa shape index (κ1) is 16.8. The summed E-state index contributed by atoms with van der Waals surface area (Å²) < 4.78 is 37.4. The summed E-state index contributed by atoms with van der Waals surface area (Å²) in [6.45, 7) is 2.16. The molecule has 0 saturated heterocycles. The average Bonchev–Trinajstić information content (AvgIpc) is 2.52. The number of nitrogens with one attached hydrogen (secondary N) is 2. The van der Waals surface area contributed by atoms with E-state index in [2.05, 4.69) is 5.32 Å². The molecule has 2 N–H and O–H groups in total. The van der Waals surface area contributed by atoms with Crippen molar-refractivity contribution in [1.29, 1.82) is 0 Å². The van der Waals surface area contributed by atoms with Gasteiger partial charge in [-0.25, -0.2) is 0 Å². The third-order valence-electron chi connectivity index (χ3n) is 3.40. The lowest BCUT2D eigenvalue weighted by Gasteiger charge is -2.13. The Morgan fingerprint density at radius 3 is 2.39 bits per heavy atom. The van der Waals surface area contributed by atoms with E-state index in [9.17, 15) is 22.8 Å². The van der Waals surface area contributed by atoms with Crippen molar-refractivity contribution in [2.75, 3.05) is 6.54 Å². The first-order valence-corrected chi connectivity index (χ1v) is 6.92. The summed E-state index contributed by atoms with van der Waals surface area (Å²) in [6.07, 6.45) is -4.66. The van der Waals surface area contributed by atoms with Crippen LogP contribution in [0.25, 0.3) is 0 Å². The summed E-state index contributed by atoms with van der Waals surface area (Å²) in [4.78, 5) is 25.3. The molecule has 2 aromatic rings. The van der Waals surface area contributed by atoms with E-state index in [4.69, 9.17) is 0 Å². The number of H-pyrrole nitrogens is 1. The standard InChI is InChI=1S/C16H15F3N2O2/c1-10(11-5-3-2-4-6-11)9-20-14(22)12-7-8-13(16(17,18)19)21-15(12)23/h2-8,10H,9H2,1H3,(H,20,22)(H,21,23)/t10-/m1/s1. The fourth-order valence-electron chi connectivity index (χ4n) is 2.06. The van der Waals surface area contributed by atoms with Crippen LogP contribution in [-0.4, -0.2) is 17.4 Å². The SMILES string of the molecule is C[C@H](CNC(=O)c1ccc(C(F)(F)F)[nH]c1=O)c1ccccc1. The van der Waals surface area contributed by atoms with Gasteiger partial charge < -0.3 is 10.3 Å². The summed E-state index contributed by atoms with van der Waals surface area (Å²) in [6, 6.07) is 11.0. The van der Waals surface area contributed by atoms with Gasteiger partial charge >= 0.3 is 6.18 Å². The molecule has 0 aliphatic carbocycles. The van der Waals surface area contributed by atoms with Crippen molar-refractivity contribution in [1.82, 2.24) is 10.3 Å². The number of rotatable bonds is 4. The molecule has 0 unspecified atom stereocenters. The van der Waals surface area contributed by atoms with Crippen LogP contribution in [0.2, 0.25) is 0 Å². The third-order valence-corrected chi connectivity index (χ3v) is 3.40. The first-order chi connectivity index (χ1) is 10.8. The maximum absolute atomic E-state index is 12.5. The minimum atomic E-state index is -4.66. The molecule has 1 aromatic heterocycles. The number of pyridine rings is 1. The van der Waals surface area contributed by atoms with Crippen molar-refractivity contribution >= 4 is 5.91 Å². The topological polar surface area (TPSA) is 62.0 Å². The molecule has 1 aromatic carbocycles. The second-order valence-electron chi connectivity index (χ2n) is 5.13. The van der Waals surface area contributed by atoms with E-state index >= 15 is 0 Å². The Morgan fingerprint density at radius 1 is 1.17 bits per heavy atom. The van der Waals surface area contributed by atoms with Gasteiger partial charge in [-0.2, -0.15) is 13.2 Å². The monoisotopic (exact) mass is 324 g/mol. The maximum Gasteiger partial charge on any atom is 0.431 e. The Bertz CT molecular complexity index is 739. The Kier molecular flexibility index (Phi) is 4.88. The fourth-order valence-corrected chi connectivity index (χ4v) is 2.06. The van der Waals surface area contributed by atoms with Crippen LogP contribution >= 0.6 is 0 Å². The number of carbonyl (C=O) groups is 1. The van der Waals surface area contributed by atoms with Gasteiger partial charge in [0, 0.05) is 6.54 Å². The number of amides is 1. The normalized spacial score (nSPS) is 12.7. The zero-order valence-electron chi connectivity index (χ0n) is 12.3. The van der Waals surface area contributed by atoms with E-state index in [1.54, 1.807) is 4.98 Å². The molecular weight excluding hydrogens is 309 g/mol. The minimum absolute atomic E-state index is 0.00804. The summed E-state index contributed by atoms with van der Waals surface area (Å²) in [7, 11) is 0. The summed E-state index contributed by atoms with van der Waals surface area (Å²) >= 11 is 0. The zero-order chi connectivity index (χ0) is 17.0. The third kappa shape index (κ3) is 4.21. The lowest BCUT2D eigenvalue weighted by molar-refractivity contribution is -0.141. The molecule has 1 amide bonds. The van der Waals surface area contributed by atoms with Crippen molar-refractivity contribution in [3.8, 4) is 0 Å². The average molecular weight is 324 g/mol. The van der Waals surface area contributed by atoms with Crippen molar-refractivity contribution in [2.24, 2.45) is 0 Å². The van der Waals surface area contributed by atoms with E-state index in [1.165, 1.54) is 0 Å².